The minimum absolute atomic E-state index is 0.134. The predicted molar refractivity (Wildman–Crippen MR) is 89.5 cm³/mol. The number of benzene rings is 2. The van der Waals surface area contributed by atoms with Crippen LogP contribution in [0.2, 0.25) is 10.0 Å². The van der Waals surface area contributed by atoms with Crippen LogP contribution in [-0.4, -0.2) is 12.5 Å². The van der Waals surface area contributed by atoms with Gasteiger partial charge in [0.05, 0.1) is 17.3 Å². The quantitative estimate of drug-likeness (QED) is 0.859. The molecule has 0 aliphatic heterocycles. The summed E-state index contributed by atoms with van der Waals surface area (Å²) in [5.74, 6) is -0.156. The fourth-order valence-electron chi connectivity index (χ4n) is 1.86. The summed E-state index contributed by atoms with van der Waals surface area (Å²) in [5, 5.41) is 7.03. The Bertz CT molecular complexity index is 671. The number of hydrogen-bond acceptors (Lipinski definition) is 2. The van der Waals surface area contributed by atoms with E-state index in [1.54, 1.807) is 12.1 Å². The second-order valence-corrected chi connectivity index (χ2v) is 5.69. The second-order valence-electron chi connectivity index (χ2n) is 4.84. The van der Waals surface area contributed by atoms with Crippen molar-refractivity contribution in [2.24, 2.45) is 0 Å². The van der Waals surface area contributed by atoms with Crippen molar-refractivity contribution >= 4 is 40.5 Å². The Morgan fingerprint density at radius 1 is 1.05 bits per heavy atom. The van der Waals surface area contributed by atoms with Gasteiger partial charge in [-0.15, -0.1) is 0 Å². The average Bonchev–Trinajstić information content (AvgIpc) is 2.42. The number of hydrogen-bond donors (Lipinski definition) is 2. The van der Waals surface area contributed by atoms with Crippen molar-refractivity contribution in [3.05, 3.63) is 57.6 Å². The molecule has 0 spiro atoms. The van der Waals surface area contributed by atoms with E-state index in [0.29, 0.717) is 15.7 Å². The molecule has 0 aliphatic rings. The van der Waals surface area contributed by atoms with Crippen LogP contribution in [0.1, 0.15) is 11.1 Å². The summed E-state index contributed by atoms with van der Waals surface area (Å²) in [6.07, 6.45) is 0. The summed E-state index contributed by atoms with van der Waals surface area (Å²) in [6.45, 7) is 4.01. The molecule has 21 heavy (non-hydrogen) atoms. The smallest absolute Gasteiger partial charge is 0.243 e. The molecule has 0 fully saturated rings. The van der Waals surface area contributed by atoms with Crippen molar-refractivity contribution in [2.45, 2.75) is 13.8 Å². The fourth-order valence-corrected chi connectivity index (χ4v) is 2.34. The fraction of sp³-hybridized carbons (Fsp3) is 0.188. The molecule has 0 saturated heterocycles. The number of anilines is 2. The van der Waals surface area contributed by atoms with Gasteiger partial charge in [0.2, 0.25) is 5.91 Å². The largest absolute Gasteiger partial charge is 0.375 e. The molecule has 0 heterocycles. The number of amides is 1. The van der Waals surface area contributed by atoms with Crippen molar-refractivity contribution in [1.29, 1.82) is 0 Å². The third kappa shape index (κ3) is 4.38. The van der Waals surface area contributed by atoms with Crippen molar-refractivity contribution in [2.75, 3.05) is 17.2 Å². The van der Waals surface area contributed by atoms with Gasteiger partial charge in [-0.1, -0.05) is 35.3 Å². The number of rotatable bonds is 4. The van der Waals surface area contributed by atoms with Crippen molar-refractivity contribution in [3.8, 4) is 0 Å². The summed E-state index contributed by atoms with van der Waals surface area (Å²) in [6, 6.07) is 11.0. The molecule has 2 rings (SSSR count). The lowest BCUT2D eigenvalue weighted by molar-refractivity contribution is -0.114. The molecule has 0 bridgehead atoms. The summed E-state index contributed by atoms with van der Waals surface area (Å²) < 4.78 is 0. The molecule has 0 aliphatic carbocycles. The lowest BCUT2D eigenvalue weighted by Crippen LogP contribution is -2.22. The van der Waals surface area contributed by atoms with Gasteiger partial charge in [0.25, 0.3) is 0 Å². The van der Waals surface area contributed by atoms with E-state index in [0.717, 1.165) is 16.8 Å². The van der Waals surface area contributed by atoms with Gasteiger partial charge >= 0.3 is 0 Å². The van der Waals surface area contributed by atoms with Crippen LogP contribution in [0.3, 0.4) is 0 Å². The highest BCUT2D eigenvalue weighted by molar-refractivity contribution is 6.33. The van der Waals surface area contributed by atoms with Gasteiger partial charge in [-0.05, 0) is 49.2 Å². The molecule has 0 unspecified atom stereocenters. The third-order valence-electron chi connectivity index (χ3n) is 3.04. The van der Waals surface area contributed by atoms with E-state index in [2.05, 4.69) is 10.6 Å². The van der Waals surface area contributed by atoms with Crippen LogP contribution in [0.15, 0.2) is 36.4 Å². The summed E-state index contributed by atoms with van der Waals surface area (Å²) in [5.41, 5.74) is 3.48. The SMILES string of the molecule is Cc1ccc(NCC(=O)Nc2cc(Cl)ccc2C)c(Cl)c1. The van der Waals surface area contributed by atoms with E-state index >= 15 is 0 Å². The molecule has 0 aromatic heterocycles. The minimum atomic E-state index is -0.156. The van der Waals surface area contributed by atoms with E-state index in [1.807, 2.05) is 38.1 Å². The Kier molecular flexibility index (Phi) is 5.10. The maximum atomic E-state index is 12.0. The van der Waals surface area contributed by atoms with Crippen LogP contribution in [0.25, 0.3) is 0 Å². The summed E-state index contributed by atoms with van der Waals surface area (Å²) in [7, 11) is 0. The zero-order valence-corrected chi connectivity index (χ0v) is 13.3. The average molecular weight is 323 g/mol. The standard InChI is InChI=1S/C16H16Cl2N2O/c1-10-3-6-14(13(18)7-10)19-9-16(21)20-15-8-12(17)5-4-11(15)2/h3-8,19H,9H2,1-2H3,(H,20,21). The highest BCUT2D eigenvalue weighted by Gasteiger charge is 2.07. The normalized spacial score (nSPS) is 10.3. The molecule has 2 aromatic rings. The van der Waals surface area contributed by atoms with Gasteiger partial charge in [0.15, 0.2) is 0 Å². The molecule has 3 nitrogen and oxygen atoms in total. The first-order valence-corrected chi connectivity index (χ1v) is 7.27. The first kappa shape index (κ1) is 15.7. The van der Waals surface area contributed by atoms with Gasteiger partial charge in [-0.2, -0.15) is 0 Å². The van der Waals surface area contributed by atoms with Crippen molar-refractivity contribution < 1.29 is 4.79 Å². The summed E-state index contributed by atoms with van der Waals surface area (Å²) >= 11 is 12.0. The number of carbonyl (C=O) groups is 1. The Labute approximate surface area is 134 Å². The first-order chi connectivity index (χ1) is 9.95. The van der Waals surface area contributed by atoms with Gasteiger partial charge in [0.1, 0.15) is 0 Å². The van der Waals surface area contributed by atoms with Crippen LogP contribution < -0.4 is 10.6 Å². The second kappa shape index (κ2) is 6.83. The van der Waals surface area contributed by atoms with Crippen LogP contribution >= 0.6 is 23.2 Å². The Morgan fingerprint density at radius 2 is 1.81 bits per heavy atom. The predicted octanol–water partition coefficient (Wildman–Crippen LogP) is 4.66. The Balaban J connectivity index is 1.97. The minimum Gasteiger partial charge on any atom is -0.375 e. The molecular weight excluding hydrogens is 307 g/mol. The highest BCUT2D eigenvalue weighted by Crippen LogP contribution is 2.23. The number of carbonyl (C=O) groups excluding carboxylic acids is 1. The third-order valence-corrected chi connectivity index (χ3v) is 3.59. The molecule has 0 saturated carbocycles. The van der Waals surface area contributed by atoms with Crippen LogP contribution in [0.4, 0.5) is 11.4 Å². The van der Waals surface area contributed by atoms with E-state index in [9.17, 15) is 4.79 Å². The van der Waals surface area contributed by atoms with Crippen LogP contribution in [0.5, 0.6) is 0 Å². The maximum absolute atomic E-state index is 12.0. The first-order valence-electron chi connectivity index (χ1n) is 6.52. The molecule has 1 amide bonds. The van der Waals surface area contributed by atoms with Crippen molar-refractivity contribution in [3.63, 3.8) is 0 Å². The summed E-state index contributed by atoms with van der Waals surface area (Å²) in [4.78, 5) is 12.0. The highest BCUT2D eigenvalue weighted by atomic mass is 35.5. The number of halogens is 2. The van der Waals surface area contributed by atoms with E-state index in [-0.39, 0.29) is 12.5 Å². The van der Waals surface area contributed by atoms with Gasteiger partial charge in [-0.25, -0.2) is 0 Å². The molecule has 2 N–H and O–H groups in total. The Hall–Kier alpha value is -1.71. The lowest BCUT2D eigenvalue weighted by Gasteiger charge is -2.11. The zero-order valence-electron chi connectivity index (χ0n) is 11.8. The molecule has 0 atom stereocenters. The Morgan fingerprint density at radius 3 is 2.52 bits per heavy atom. The lowest BCUT2D eigenvalue weighted by atomic mass is 10.2. The molecular formula is C16H16Cl2N2O. The van der Waals surface area contributed by atoms with Gasteiger partial charge in [-0.3, -0.25) is 4.79 Å². The van der Waals surface area contributed by atoms with Crippen LogP contribution in [0, 0.1) is 13.8 Å². The van der Waals surface area contributed by atoms with E-state index in [1.165, 1.54) is 0 Å². The monoisotopic (exact) mass is 322 g/mol. The zero-order chi connectivity index (χ0) is 15.4. The van der Waals surface area contributed by atoms with E-state index in [4.69, 9.17) is 23.2 Å². The maximum Gasteiger partial charge on any atom is 0.243 e. The topological polar surface area (TPSA) is 41.1 Å². The molecule has 5 heteroatoms. The van der Waals surface area contributed by atoms with Crippen molar-refractivity contribution in [1.82, 2.24) is 0 Å². The van der Waals surface area contributed by atoms with E-state index < -0.39 is 0 Å². The van der Waals surface area contributed by atoms with Crippen LogP contribution in [-0.2, 0) is 4.79 Å². The van der Waals surface area contributed by atoms with Gasteiger partial charge < -0.3 is 10.6 Å². The molecule has 0 radical (unpaired) electrons. The number of nitrogens with one attached hydrogen (secondary N) is 2. The molecule has 2 aromatic carbocycles. The number of aryl methyl sites for hydroxylation is 2. The van der Waals surface area contributed by atoms with Gasteiger partial charge in [0, 0.05) is 10.7 Å². The molecule has 110 valence electrons.